The van der Waals surface area contributed by atoms with Gasteiger partial charge in [0, 0.05) is 18.8 Å². The molecule has 0 N–H and O–H groups in total. The lowest BCUT2D eigenvalue weighted by molar-refractivity contribution is -0.137. The van der Waals surface area contributed by atoms with Crippen molar-refractivity contribution in [1.29, 1.82) is 5.26 Å². The molecular weight excluding hydrogens is 435 g/mol. The van der Waals surface area contributed by atoms with Crippen LogP contribution < -0.4 is 4.90 Å². The fourth-order valence-corrected chi connectivity index (χ4v) is 4.78. The summed E-state index contributed by atoms with van der Waals surface area (Å²) in [5.74, 6) is 0. The van der Waals surface area contributed by atoms with Gasteiger partial charge in [0.05, 0.1) is 17.2 Å². The third kappa shape index (κ3) is 8.51. The van der Waals surface area contributed by atoms with E-state index in [9.17, 15) is 13.2 Å². The normalized spacial score (nSPS) is 18.7. The molecule has 0 bridgehead atoms. The van der Waals surface area contributed by atoms with E-state index >= 15 is 0 Å². The van der Waals surface area contributed by atoms with E-state index in [1.165, 1.54) is 37.6 Å². The average Bonchev–Trinajstić information content (AvgIpc) is 3.29. The Bertz CT molecular complexity index is 853. The standard InChI is InChI=1S/C23H29F3N2.C5H11N/c1-4-7-18(5-2)8-6-11-22(3)12-14-28(15-13-22)20-10-9-19(17-27)21(16-20)23(24,25)26;1-6-4-2-3-5-6/h4,7,9-10,16H,1,5-6,8,11-15H2,2-3H3;2-5H2,1H3/b18-7+;. The zero-order valence-electron chi connectivity index (χ0n) is 21.1. The topological polar surface area (TPSA) is 30.3 Å². The fourth-order valence-electron chi connectivity index (χ4n) is 4.78. The van der Waals surface area contributed by atoms with Crippen LogP contribution >= 0.6 is 0 Å². The monoisotopic (exact) mass is 475 g/mol. The Morgan fingerprint density at radius 1 is 1.18 bits per heavy atom. The van der Waals surface area contributed by atoms with Crippen molar-refractivity contribution in [3.05, 3.63) is 53.6 Å². The third-order valence-corrected chi connectivity index (χ3v) is 7.18. The molecule has 2 aliphatic heterocycles. The summed E-state index contributed by atoms with van der Waals surface area (Å²) >= 11 is 0. The highest BCUT2D eigenvalue weighted by molar-refractivity contribution is 5.55. The number of hydrogen-bond donors (Lipinski definition) is 0. The van der Waals surface area contributed by atoms with Crippen molar-refractivity contribution in [3.8, 4) is 6.07 Å². The number of benzene rings is 1. The van der Waals surface area contributed by atoms with Crippen molar-refractivity contribution < 1.29 is 13.2 Å². The smallest absolute Gasteiger partial charge is 0.371 e. The van der Waals surface area contributed by atoms with Crippen molar-refractivity contribution in [2.75, 3.05) is 38.1 Å². The molecule has 34 heavy (non-hydrogen) atoms. The Kier molecular flexibility index (Phi) is 10.7. The van der Waals surface area contributed by atoms with Crippen molar-refractivity contribution in [3.63, 3.8) is 0 Å². The van der Waals surface area contributed by atoms with Crippen LogP contribution in [-0.4, -0.2) is 38.1 Å². The molecular formula is C28H40F3N3. The molecule has 0 amide bonds. The molecule has 0 radical (unpaired) electrons. The second-order valence-corrected chi connectivity index (χ2v) is 9.92. The van der Waals surface area contributed by atoms with Gasteiger partial charge in [0.25, 0.3) is 0 Å². The van der Waals surface area contributed by atoms with E-state index < -0.39 is 11.7 Å². The largest absolute Gasteiger partial charge is 0.417 e. The number of nitriles is 1. The maximum atomic E-state index is 13.2. The van der Waals surface area contributed by atoms with Gasteiger partial charge in [0.15, 0.2) is 0 Å². The maximum Gasteiger partial charge on any atom is 0.417 e. The van der Waals surface area contributed by atoms with Gasteiger partial charge in [0.2, 0.25) is 0 Å². The molecule has 0 aliphatic carbocycles. The molecule has 2 saturated heterocycles. The van der Waals surface area contributed by atoms with E-state index in [-0.39, 0.29) is 11.0 Å². The lowest BCUT2D eigenvalue weighted by Gasteiger charge is -2.41. The number of piperidine rings is 1. The van der Waals surface area contributed by atoms with Crippen LogP contribution in [-0.2, 0) is 6.18 Å². The minimum absolute atomic E-state index is 0.225. The van der Waals surface area contributed by atoms with Gasteiger partial charge in [-0.1, -0.05) is 38.2 Å². The SMILES string of the molecule is C=C/C=C(\CC)CCCC1(C)CCN(c2ccc(C#N)c(C(F)(F)F)c2)CC1.CN1CCCC1. The summed E-state index contributed by atoms with van der Waals surface area (Å²) in [4.78, 5) is 4.37. The number of likely N-dealkylation sites (tertiary alicyclic amines) is 1. The van der Waals surface area contributed by atoms with Crippen LogP contribution in [0.25, 0.3) is 0 Å². The molecule has 1 aromatic carbocycles. The first kappa shape index (κ1) is 28.0. The Labute approximate surface area is 203 Å². The molecule has 0 saturated carbocycles. The Morgan fingerprint density at radius 3 is 2.29 bits per heavy atom. The van der Waals surface area contributed by atoms with E-state index in [0.717, 1.165) is 57.7 Å². The summed E-state index contributed by atoms with van der Waals surface area (Å²) in [6.07, 6.45) is 8.52. The summed E-state index contributed by atoms with van der Waals surface area (Å²) in [6, 6.07) is 5.67. The highest BCUT2D eigenvalue weighted by Crippen LogP contribution is 2.39. The van der Waals surface area contributed by atoms with Crippen LogP contribution in [0.1, 0.15) is 76.3 Å². The predicted molar refractivity (Wildman–Crippen MR) is 135 cm³/mol. The molecule has 188 valence electrons. The molecule has 2 heterocycles. The van der Waals surface area contributed by atoms with Gasteiger partial charge < -0.3 is 9.80 Å². The summed E-state index contributed by atoms with van der Waals surface area (Å²) < 4.78 is 39.6. The Hall–Kier alpha value is -2.26. The molecule has 1 aromatic rings. The van der Waals surface area contributed by atoms with E-state index in [2.05, 4.69) is 38.5 Å². The number of nitrogens with zero attached hydrogens (tertiary/aromatic N) is 3. The van der Waals surface area contributed by atoms with Crippen molar-refractivity contribution in [1.82, 2.24) is 4.90 Å². The summed E-state index contributed by atoms with van der Waals surface area (Å²) in [7, 11) is 2.17. The zero-order valence-corrected chi connectivity index (χ0v) is 21.1. The molecule has 3 nitrogen and oxygen atoms in total. The lowest BCUT2D eigenvalue weighted by atomic mass is 9.76. The maximum absolute atomic E-state index is 13.2. The van der Waals surface area contributed by atoms with Gasteiger partial charge in [-0.2, -0.15) is 18.4 Å². The molecule has 0 aromatic heterocycles. The van der Waals surface area contributed by atoms with Gasteiger partial charge in [-0.25, -0.2) is 0 Å². The van der Waals surface area contributed by atoms with Gasteiger partial charge in [-0.15, -0.1) is 0 Å². The van der Waals surface area contributed by atoms with Gasteiger partial charge in [-0.3, -0.25) is 0 Å². The number of allylic oxidation sites excluding steroid dienone is 3. The van der Waals surface area contributed by atoms with E-state index in [1.807, 2.05) is 11.0 Å². The first-order valence-corrected chi connectivity index (χ1v) is 12.5. The van der Waals surface area contributed by atoms with E-state index in [1.54, 1.807) is 12.1 Å². The predicted octanol–water partition coefficient (Wildman–Crippen LogP) is 7.59. The lowest BCUT2D eigenvalue weighted by Crippen LogP contribution is -2.38. The van der Waals surface area contributed by atoms with E-state index in [0.29, 0.717) is 5.69 Å². The third-order valence-electron chi connectivity index (χ3n) is 7.18. The van der Waals surface area contributed by atoms with Crippen LogP contribution in [0.3, 0.4) is 0 Å². The summed E-state index contributed by atoms with van der Waals surface area (Å²) in [5, 5.41) is 8.95. The van der Waals surface area contributed by atoms with Crippen LogP contribution in [0.2, 0.25) is 0 Å². The van der Waals surface area contributed by atoms with Crippen LogP contribution in [0.15, 0.2) is 42.5 Å². The quantitative estimate of drug-likeness (QED) is 0.381. The summed E-state index contributed by atoms with van der Waals surface area (Å²) in [6.45, 7) is 12.3. The number of rotatable bonds is 7. The van der Waals surface area contributed by atoms with Crippen molar-refractivity contribution in [2.45, 2.75) is 71.4 Å². The molecule has 3 rings (SSSR count). The van der Waals surface area contributed by atoms with Crippen molar-refractivity contribution in [2.24, 2.45) is 5.41 Å². The fraction of sp³-hybridized carbons (Fsp3) is 0.607. The van der Waals surface area contributed by atoms with Crippen LogP contribution in [0.4, 0.5) is 18.9 Å². The molecule has 2 fully saturated rings. The van der Waals surface area contributed by atoms with Gasteiger partial charge >= 0.3 is 6.18 Å². The van der Waals surface area contributed by atoms with Gasteiger partial charge in [0.1, 0.15) is 0 Å². The Balaban J connectivity index is 0.000000589. The number of halogens is 3. The average molecular weight is 476 g/mol. The molecule has 0 atom stereocenters. The van der Waals surface area contributed by atoms with Crippen LogP contribution in [0.5, 0.6) is 0 Å². The summed E-state index contributed by atoms with van der Waals surface area (Å²) in [5.41, 5.74) is 1.02. The zero-order chi connectivity index (χ0) is 25.2. The minimum Gasteiger partial charge on any atom is -0.371 e. The highest BCUT2D eigenvalue weighted by atomic mass is 19.4. The second-order valence-electron chi connectivity index (χ2n) is 9.92. The first-order valence-electron chi connectivity index (χ1n) is 12.5. The first-order chi connectivity index (χ1) is 16.1. The highest BCUT2D eigenvalue weighted by Gasteiger charge is 2.35. The number of anilines is 1. The Morgan fingerprint density at radius 2 is 1.82 bits per heavy atom. The number of alkyl halides is 3. The molecule has 0 unspecified atom stereocenters. The van der Waals surface area contributed by atoms with Crippen LogP contribution in [0, 0.1) is 16.7 Å². The second kappa shape index (κ2) is 13.0. The minimum atomic E-state index is -4.51. The molecule has 2 aliphatic rings. The molecule has 0 spiro atoms. The number of hydrogen-bond acceptors (Lipinski definition) is 3. The molecule has 6 heteroatoms. The van der Waals surface area contributed by atoms with Gasteiger partial charge in [-0.05, 0) is 95.1 Å². The van der Waals surface area contributed by atoms with Crippen molar-refractivity contribution >= 4 is 5.69 Å². The van der Waals surface area contributed by atoms with E-state index in [4.69, 9.17) is 5.26 Å².